The molecule has 0 saturated carbocycles. The topological polar surface area (TPSA) is 98.3 Å². The molecule has 0 unspecified atom stereocenters. The van der Waals surface area contributed by atoms with Gasteiger partial charge in [0.15, 0.2) is 0 Å². The van der Waals surface area contributed by atoms with Crippen molar-refractivity contribution in [1.29, 1.82) is 0 Å². The highest BCUT2D eigenvalue weighted by atomic mass is 35.5. The molecule has 2 N–H and O–H groups in total. The lowest BCUT2D eigenvalue weighted by molar-refractivity contribution is -0.137. The third-order valence-corrected chi connectivity index (χ3v) is 6.36. The molecule has 1 aromatic carbocycles. The smallest absolute Gasteiger partial charge is 0.345 e. The van der Waals surface area contributed by atoms with Crippen LogP contribution in [0.5, 0.6) is 11.8 Å². The molecule has 1 aliphatic heterocycles. The van der Waals surface area contributed by atoms with Crippen molar-refractivity contribution in [3.05, 3.63) is 46.2 Å². The molecule has 1 amide bonds. The van der Waals surface area contributed by atoms with Crippen LogP contribution in [0, 0.1) is 0 Å². The van der Waals surface area contributed by atoms with E-state index in [-0.39, 0.29) is 34.6 Å². The van der Waals surface area contributed by atoms with Crippen LogP contribution in [0.1, 0.15) is 22.2 Å². The summed E-state index contributed by atoms with van der Waals surface area (Å²) in [6, 6.07) is 7.20. The van der Waals surface area contributed by atoms with Gasteiger partial charge >= 0.3 is 6.61 Å². The van der Waals surface area contributed by atoms with Gasteiger partial charge in [0.25, 0.3) is 5.91 Å². The van der Waals surface area contributed by atoms with E-state index in [0.717, 1.165) is 21.2 Å². The first-order chi connectivity index (χ1) is 15.9. The second-order valence-electron chi connectivity index (χ2n) is 7.36. The highest BCUT2D eigenvalue weighted by Gasteiger charge is 2.25. The van der Waals surface area contributed by atoms with E-state index >= 15 is 0 Å². The van der Waals surface area contributed by atoms with Crippen molar-refractivity contribution in [2.45, 2.75) is 26.2 Å². The number of fused-ring (bicyclic) bond motifs is 5. The molecule has 0 bridgehead atoms. The van der Waals surface area contributed by atoms with Crippen molar-refractivity contribution in [3.8, 4) is 11.8 Å². The molecule has 0 saturated heterocycles. The number of amides is 1. The number of pyridine rings is 1. The fraction of sp³-hybridized carbons (Fsp3) is 0.238. The minimum Gasteiger partial charge on any atom is -0.420 e. The number of benzene rings is 1. The highest BCUT2D eigenvalue weighted by Crippen LogP contribution is 2.41. The molecule has 1 atom stereocenters. The molecule has 3 aromatic heterocycles. The molecule has 4 heterocycles. The summed E-state index contributed by atoms with van der Waals surface area (Å²) in [6.07, 6.45) is 1.26. The van der Waals surface area contributed by atoms with Gasteiger partial charge in [-0.1, -0.05) is 0 Å². The number of ether oxygens (including phenoxy) is 2. The summed E-state index contributed by atoms with van der Waals surface area (Å²) in [4.78, 5) is 25.5. The Labute approximate surface area is 194 Å². The SMILES string of the molecule is C[C@H]1CNc2c(sc3ccc4nc(Oc5nc(Cl)ncc5COC(F)F)ccc4c23)C(=O)N1. The molecule has 5 rings (SSSR count). The minimum absolute atomic E-state index is 0.00295. The van der Waals surface area contributed by atoms with Crippen LogP contribution >= 0.6 is 22.9 Å². The van der Waals surface area contributed by atoms with Crippen LogP contribution in [0.2, 0.25) is 5.28 Å². The minimum atomic E-state index is -2.95. The number of carbonyl (C=O) groups excluding carboxylic acids is 1. The average molecular weight is 492 g/mol. The van der Waals surface area contributed by atoms with Gasteiger partial charge in [0, 0.05) is 40.3 Å². The number of aromatic nitrogens is 3. The maximum atomic E-state index is 12.6. The molecule has 0 spiro atoms. The standard InChI is InChI=1S/C21H16ClF2N5O3S/c1-9-6-25-16-15-11-2-5-14(28-12(11)3-4-13(15)33-17(16)18(30)27-9)32-19-10(8-31-21(23)24)7-26-20(22)29-19/h2-5,7,9,21,25H,6,8H2,1H3,(H,27,30)/t9-/m0/s1. The first kappa shape index (κ1) is 21.7. The summed E-state index contributed by atoms with van der Waals surface area (Å²) in [7, 11) is 0. The third-order valence-electron chi connectivity index (χ3n) is 5.03. The summed E-state index contributed by atoms with van der Waals surface area (Å²) < 4.78 is 35.9. The molecule has 8 nitrogen and oxygen atoms in total. The van der Waals surface area contributed by atoms with Gasteiger partial charge in [0.2, 0.25) is 17.0 Å². The quantitative estimate of drug-likeness (QED) is 0.380. The van der Waals surface area contributed by atoms with Crippen LogP contribution in [0.15, 0.2) is 30.5 Å². The van der Waals surface area contributed by atoms with Gasteiger partial charge in [0.1, 0.15) is 4.88 Å². The Balaban J connectivity index is 1.53. The van der Waals surface area contributed by atoms with Crippen molar-refractivity contribution in [1.82, 2.24) is 20.3 Å². The lowest BCUT2D eigenvalue weighted by atomic mass is 10.1. The number of nitrogens with zero attached hydrogens (tertiary/aromatic N) is 3. The van der Waals surface area contributed by atoms with Gasteiger partial charge in [-0.3, -0.25) is 4.79 Å². The number of anilines is 1. The number of alkyl halides is 2. The molecule has 12 heteroatoms. The lowest BCUT2D eigenvalue weighted by Gasteiger charge is -2.11. The Morgan fingerprint density at radius 3 is 2.94 bits per heavy atom. The Hall–Kier alpha value is -3.15. The number of hydrogen-bond donors (Lipinski definition) is 2. The zero-order valence-corrected chi connectivity index (χ0v) is 18.6. The molecular weight excluding hydrogens is 476 g/mol. The monoisotopic (exact) mass is 491 g/mol. The van der Waals surface area contributed by atoms with Gasteiger partial charge < -0.3 is 20.1 Å². The maximum absolute atomic E-state index is 12.6. The van der Waals surface area contributed by atoms with Gasteiger partial charge in [-0.05, 0) is 36.7 Å². The van der Waals surface area contributed by atoms with Crippen molar-refractivity contribution in [3.63, 3.8) is 0 Å². The Morgan fingerprint density at radius 1 is 1.27 bits per heavy atom. The van der Waals surface area contributed by atoms with E-state index in [4.69, 9.17) is 16.3 Å². The Morgan fingerprint density at radius 2 is 2.12 bits per heavy atom. The van der Waals surface area contributed by atoms with Gasteiger partial charge in [-0.25, -0.2) is 9.97 Å². The van der Waals surface area contributed by atoms with Crippen LogP contribution in [-0.4, -0.2) is 40.1 Å². The van der Waals surface area contributed by atoms with E-state index in [2.05, 4.69) is 30.3 Å². The second kappa shape index (κ2) is 8.65. The second-order valence-corrected chi connectivity index (χ2v) is 8.75. The van der Waals surface area contributed by atoms with Crippen LogP contribution < -0.4 is 15.4 Å². The fourth-order valence-corrected chi connectivity index (χ4v) is 4.80. The van der Waals surface area contributed by atoms with Crippen LogP contribution in [0.25, 0.3) is 21.0 Å². The van der Waals surface area contributed by atoms with E-state index in [9.17, 15) is 13.6 Å². The summed E-state index contributed by atoms with van der Waals surface area (Å²) in [6.45, 7) is -0.861. The molecular formula is C21H16ClF2N5O3S. The summed E-state index contributed by atoms with van der Waals surface area (Å²) in [5.74, 6) is 0.0554. The first-order valence-corrected chi connectivity index (χ1v) is 11.1. The van der Waals surface area contributed by atoms with Crippen LogP contribution in [0.4, 0.5) is 14.5 Å². The van der Waals surface area contributed by atoms with Crippen molar-refractivity contribution in [2.75, 3.05) is 11.9 Å². The molecule has 4 aromatic rings. The van der Waals surface area contributed by atoms with E-state index in [0.29, 0.717) is 16.9 Å². The van der Waals surface area contributed by atoms with Gasteiger partial charge in [-0.2, -0.15) is 13.8 Å². The van der Waals surface area contributed by atoms with E-state index in [1.165, 1.54) is 17.5 Å². The van der Waals surface area contributed by atoms with Crippen LogP contribution in [-0.2, 0) is 11.3 Å². The molecule has 0 aliphatic carbocycles. The van der Waals surface area contributed by atoms with E-state index in [1.807, 2.05) is 25.1 Å². The molecule has 0 fully saturated rings. The zero-order chi connectivity index (χ0) is 23.1. The number of nitrogens with one attached hydrogen (secondary N) is 2. The van der Waals surface area contributed by atoms with Crippen molar-refractivity contribution in [2.24, 2.45) is 0 Å². The van der Waals surface area contributed by atoms with Crippen LogP contribution in [0.3, 0.4) is 0 Å². The molecule has 0 radical (unpaired) electrons. The van der Waals surface area contributed by atoms with E-state index < -0.39 is 13.2 Å². The predicted octanol–water partition coefficient (Wildman–Crippen LogP) is 4.97. The Kier molecular flexibility index (Phi) is 5.69. The van der Waals surface area contributed by atoms with Crippen molar-refractivity contribution < 1.29 is 23.0 Å². The van der Waals surface area contributed by atoms with Gasteiger partial charge in [-0.15, -0.1) is 11.3 Å². The number of hydrogen-bond acceptors (Lipinski definition) is 8. The highest BCUT2D eigenvalue weighted by molar-refractivity contribution is 7.21. The molecule has 33 heavy (non-hydrogen) atoms. The number of rotatable bonds is 5. The maximum Gasteiger partial charge on any atom is 0.345 e. The fourth-order valence-electron chi connectivity index (χ4n) is 3.57. The van der Waals surface area contributed by atoms with Crippen molar-refractivity contribution >= 4 is 55.5 Å². The lowest BCUT2D eigenvalue weighted by Crippen LogP contribution is -2.34. The molecule has 1 aliphatic rings. The van der Waals surface area contributed by atoms with E-state index in [1.54, 1.807) is 6.07 Å². The normalized spacial score (nSPS) is 15.9. The summed E-state index contributed by atoms with van der Waals surface area (Å²) in [5.41, 5.74) is 1.61. The average Bonchev–Trinajstić information content (AvgIpc) is 3.09. The zero-order valence-electron chi connectivity index (χ0n) is 17.1. The summed E-state index contributed by atoms with van der Waals surface area (Å²) >= 11 is 7.26. The number of halogens is 3. The Bertz CT molecular complexity index is 1380. The number of thiophene rings is 1. The first-order valence-electron chi connectivity index (χ1n) is 9.89. The predicted molar refractivity (Wildman–Crippen MR) is 120 cm³/mol. The van der Waals surface area contributed by atoms with Gasteiger partial charge in [0.05, 0.1) is 23.4 Å². The number of carbonyl (C=O) groups is 1. The third kappa shape index (κ3) is 4.26. The summed E-state index contributed by atoms with van der Waals surface area (Å²) in [5, 5.41) is 7.98. The molecule has 170 valence electrons. The largest absolute Gasteiger partial charge is 0.420 e.